The second-order valence-electron chi connectivity index (χ2n) is 6.26. The first-order valence-electron chi connectivity index (χ1n) is 5.98. The van der Waals surface area contributed by atoms with Crippen molar-refractivity contribution in [1.82, 2.24) is 4.90 Å². The van der Waals surface area contributed by atoms with Crippen LogP contribution in [0.4, 0.5) is 0 Å². The molecule has 88 valence electrons. The molecule has 1 rings (SSSR count). The molecule has 2 atom stereocenters. The molecule has 0 radical (unpaired) electrons. The molecule has 0 saturated heterocycles. The van der Waals surface area contributed by atoms with Crippen molar-refractivity contribution in [3.05, 3.63) is 0 Å². The molecule has 0 heterocycles. The highest BCUT2D eigenvalue weighted by atomic mass is 16.1. The number of Topliss-reactive ketones (excluding diaryl/α,β-unsaturated/α-hetero) is 1. The van der Waals surface area contributed by atoms with E-state index in [1.54, 1.807) is 0 Å². The molecule has 1 fully saturated rings. The van der Waals surface area contributed by atoms with Crippen molar-refractivity contribution < 1.29 is 4.79 Å². The van der Waals surface area contributed by atoms with E-state index in [1.165, 1.54) is 0 Å². The Morgan fingerprint density at radius 2 is 1.93 bits per heavy atom. The van der Waals surface area contributed by atoms with Gasteiger partial charge in [0, 0.05) is 18.9 Å². The molecule has 15 heavy (non-hydrogen) atoms. The number of nitrogens with zero attached hydrogens (tertiary/aromatic N) is 1. The topological polar surface area (TPSA) is 20.3 Å². The zero-order valence-corrected chi connectivity index (χ0v) is 10.8. The van der Waals surface area contributed by atoms with E-state index in [4.69, 9.17) is 0 Å². The minimum Gasteiger partial charge on any atom is -0.309 e. The van der Waals surface area contributed by atoms with Crippen molar-refractivity contribution in [3.63, 3.8) is 0 Å². The van der Waals surface area contributed by atoms with Gasteiger partial charge in [-0.1, -0.05) is 20.8 Å². The van der Waals surface area contributed by atoms with Crippen molar-refractivity contribution >= 4 is 5.78 Å². The summed E-state index contributed by atoms with van der Waals surface area (Å²) >= 11 is 0. The Labute approximate surface area is 94.0 Å². The summed E-state index contributed by atoms with van der Waals surface area (Å²) in [6.07, 6.45) is 2.97. The fourth-order valence-corrected chi connectivity index (χ4v) is 2.52. The van der Waals surface area contributed by atoms with Crippen LogP contribution in [0.5, 0.6) is 0 Å². The normalized spacial score (nSPS) is 28.5. The summed E-state index contributed by atoms with van der Waals surface area (Å²) < 4.78 is 0. The van der Waals surface area contributed by atoms with E-state index in [2.05, 4.69) is 25.7 Å². The predicted molar refractivity (Wildman–Crippen MR) is 63.8 cm³/mol. The second-order valence-corrected chi connectivity index (χ2v) is 6.26. The van der Waals surface area contributed by atoms with Gasteiger partial charge in [-0.15, -0.1) is 0 Å². The molecule has 0 aromatic carbocycles. The average Bonchev–Trinajstić information content (AvgIpc) is 2.06. The Kier molecular flexibility index (Phi) is 3.93. The summed E-state index contributed by atoms with van der Waals surface area (Å²) in [4.78, 5) is 13.9. The minimum atomic E-state index is 0.276. The summed E-state index contributed by atoms with van der Waals surface area (Å²) in [5.41, 5.74) is 0.352. The molecular formula is C13H25NO. The first-order chi connectivity index (χ1) is 6.80. The minimum absolute atomic E-state index is 0.276. The lowest BCUT2D eigenvalue weighted by atomic mass is 9.68. The van der Waals surface area contributed by atoms with Gasteiger partial charge in [-0.25, -0.2) is 0 Å². The van der Waals surface area contributed by atoms with Crippen LogP contribution in [-0.2, 0) is 4.79 Å². The van der Waals surface area contributed by atoms with Crippen molar-refractivity contribution in [3.8, 4) is 0 Å². The molecule has 0 aromatic rings. The molecule has 0 unspecified atom stereocenters. The first-order valence-corrected chi connectivity index (χ1v) is 5.98. The van der Waals surface area contributed by atoms with E-state index < -0.39 is 0 Å². The van der Waals surface area contributed by atoms with Crippen LogP contribution in [0.1, 0.15) is 40.0 Å². The SMILES string of the molecule is CN(C)C[C@@H]1C[C@H](C(C)(C)C)CCC1=O. The summed E-state index contributed by atoms with van der Waals surface area (Å²) in [5, 5.41) is 0. The monoisotopic (exact) mass is 211 g/mol. The van der Waals surface area contributed by atoms with Gasteiger partial charge in [-0.3, -0.25) is 4.79 Å². The van der Waals surface area contributed by atoms with Crippen LogP contribution < -0.4 is 0 Å². The third kappa shape index (κ3) is 3.60. The molecule has 0 bridgehead atoms. The fraction of sp³-hybridized carbons (Fsp3) is 0.923. The summed E-state index contributed by atoms with van der Waals surface area (Å²) in [5.74, 6) is 1.46. The van der Waals surface area contributed by atoms with Gasteiger partial charge in [-0.05, 0) is 38.3 Å². The molecule has 0 aromatic heterocycles. The Bertz CT molecular complexity index is 227. The van der Waals surface area contributed by atoms with E-state index in [1.807, 2.05) is 14.1 Å². The van der Waals surface area contributed by atoms with Crippen LogP contribution in [0.15, 0.2) is 0 Å². The molecule has 0 spiro atoms. The highest BCUT2D eigenvalue weighted by Crippen LogP contribution is 2.38. The largest absolute Gasteiger partial charge is 0.309 e. The van der Waals surface area contributed by atoms with Crippen LogP contribution in [-0.4, -0.2) is 31.3 Å². The molecule has 2 heteroatoms. The van der Waals surface area contributed by atoms with E-state index in [0.717, 1.165) is 25.8 Å². The Morgan fingerprint density at radius 3 is 2.40 bits per heavy atom. The van der Waals surface area contributed by atoms with Crippen LogP contribution in [0.3, 0.4) is 0 Å². The van der Waals surface area contributed by atoms with Crippen molar-refractivity contribution in [2.45, 2.75) is 40.0 Å². The number of hydrogen-bond donors (Lipinski definition) is 0. The Balaban J connectivity index is 2.60. The van der Waals surface area contributed by atoms with Crippen LogP contribution in [0.2, 0.25) is 0 Å². The number of hydrogen-bond acceptors (Lipinski definition) is 2. The lowest BCUT2D eigenvalue weighted by Gasteiger charge is -2.37. The molecule has 1 aliphatic carbocycles. The molecule has 0 N–H and O–H groups in total. The third-order valence-electron chi connectivity index (χ3n) is 3.57. The third-order valence-corrected chi connectivity index (χ3v) is 3.57. The summed E-state index contributed by atoms with van der Waals surface area (Å²) in [6.45, 7) is 7.80. The van der Waals surface area contributed by atoms with Crippen LogP contribution in [0, 0.1) is 17.3 Å². The van der Waals surface area contributed by atoms with E-state index in [9.17, 15) is 4.79 Å². The standard InChI is InChI=1S/C13H25NO/c1-13(2,3)11-6-7-12(15)10(8-11)9-14(4)5/h10-11H,6-9H2,1-5H3/t10-,11+/m0/s1. The lowest BCUT2D eigenvalue weighted by Crippen LogP contribution is -2.37. The molecule has 1 aliphatic rings. The zero-order chi connectivity index (χ0) is 11.6. The maximum Gasteiger partial charge on any atom is 0.137 e. The van der Waals surface area contributed by atoms with Crippen LogP contribution >= 0.6 is 0 Å². The zero-order valence-electron chi connectivity index (χ0n) is 10.8. The number of ketones is 1. The highest BCUT2D eigenvalue weighted by Gasteiger charge is 2.34. The lowest BCUT2D eigenvalue weighted by molar-refractivity contribution is -0.127. The maximum absolute atomic E-state index is 11.8. The molecule has 0 amide bonds. The maximum atomic E-state index is 11.8. The molecule has 1 saturated carbocycles. The van der Waals surface area contributed by atoms with Gasteiger partial charge in [0.15, 0.2) is 0 Å². The second kappa shape index (κ2) is 4.65. The van der Waals surface area contributed by atoms with E-state index in [-0.39, 0.29) is 5.92 Å². The van der Waals surface area contributed by atoms with Gasteiger partial charge in [0.1, 0.15) is 5.78 Å². The number of carbonyl (C=O) groups is 1. The summed E-state index contributed by atoms with van der Waals surface area (Å²) in [7, 11) is 4.10. The Hall–Kier alpha value is -0.370. The van der Waals surface area contributed by atoms with Gasteiger partial charge in [-0.2, -0.15) is 0 Å². The van der Waals surface area contributed by atoms with Crippen LogP contribution in [0.25, 0.3) is 0 Å². The first kappa shape index (κ1) is 12.7. The number of carbonyl (C=O) groups excluding carboxylic acids is 1. The predicted octanol–water partition coefficient (Wildman–Crippen LogP) is 2.58. The van der Waals surface area contributed by atoms with E-state index >= 15 is 0 Å². The molecule has 2 nitrogen and oxygen atoms in total. The molecular weight excluding hydrogens is 186 g/mol. The van der Waals surface area contributed by atoms with Gasteiger partial charge in [0.2, 0.25) is 0 Å². The van der Waals surface area contributed by atoms with Gasteiger partial charge >= 0.3 is 0 Å². The quantitative estimate of drug-likeness (QED) is 0.699. The molecule has 0 aliphatic heterocycles. The van der Waals surface area contributed by atoms with Crippen molar-refractivity contribution in [1.29, 1.82) is 0 Å². The van der Waals surface area contributed by atoms with Gasteiger partial charge in [0.05, 0.1) is 0 Å². The van der Waals surface area contributed by atoms with Crippen molar-refractivity contribution in [2.24, 2.45) is 17.3 Å². The van der Waals surface area contributed by atoms with Gasteiger partial charge in [0.25, 0.3) is 0 Å². The van der Waals surface area contributed by atoms with Crippen molar-refractivity contribution in [2.75, 3.05) is 20.6 Å². The smallest absolute Gasteiger partial charge is 0.137 e. The number of rotatable bonds is 2. The van der Waals surface area contributed by atoms with E-state index in [0.29, 0.717) is 17.1 Å². The Morgan fingerprint density at radius 1 is 1.33 bits per heavy atom. The fourth-order valence-electron chi connectivity index (χ4n) is 2.52. The van der Waals surface area contributed by atoms with Gasteiger partial charge < -0.3 is 4.90 Å². The average molecular weight is 211 g/mol. The highest BCUT2D eigenvalue weighted by molar-refractivity contribution is 5.82. The summed E-state index contributed by atoms with van der Waals surface area (Å²) in [6, 6.07) is 0.